The molecule has 0 spiro atoms. The van der Waals surface area contributed by atoms with Crippen molar-refractivity contribution in [2.75, 3.05) is 29.3 Å². The van der Waals surface area contributed by atoms with Crippen molar-refractivity contribution in [1.82, 2.24) is 25.4 Å². The van der Waals surface area contributed by atoms with Crippen LogP contribution in [0.15, 0.2) is 31.7 Å². The molecule has 190 valence electrons. The molecular formula is C18H16ClN7O6S4. The van der Waals surface area contributed by atoms with E-state index in [1.165, 1.54) is 45.1 Å². The molecule has 1 unspecified atom stereocenters. The lowest BCUT2D eigenvalue weighted by atomic mass is 10.0. The van der Waals surface area contributed by atoms with Crippen LogP contribution in [0.1, 0.15) is 5.69 Å². The topological polar surface area (TPSA) is 176 Å². The molecule has 3 N–H and O–H groups in total. The van der Waals surface area contributed by atoms with Gasteiger partial charge in [0, 0.05) is 16.9 Å². The minimum atomic E-state index is -1.22. The lowest BCUT2D eigenvalue weighted by Gasteiger charge is -2.49. The molecule has 0 radical (unpaired) electrons. The molecular weight excluding hydrogens is 574 g/mol. The molecule has 2 aliphatic rings. The number of fused-ring (bicyclic) bond motifs is 1. The Hall–Kier alpha value is -2.73. The summed E-state index contributed by atoms with van der Waals surface area (Å²) in [4.78, 5) is 59.0. The van der Waals surface area contributed by atoms with Crippen molar-refractivity contribution in [3.8, 4) is 0 Å². The number of carbonyl (C=O) groups excluding carboxylic acids is 3. The van der Waals surface area contributed by atoms with Crippen LogP contribution < -0.4 is 10.6 Å². The molecule has 4 rings (SSSR count). The van der Waals surface area contributed by atoms with Crippen molar-refractivity contribution < 1.29 is 29.1 Å². The van der Waals surface area contributed by atoms with E-state index in [-0.39, 0.29) is 34.7 Å². The molecule has 3 amide bonds. The van der Waals surface area contributed by atoms with Gasteiger partial charge in [0.05, 0.1) is 5.88 Å². The highest BCUT2D eigenvalue weighted by atomic mass is 35.5. The Morgan fingerprint density at radius 2 is 2.25 bits per heavy atom. The zero-order chi connectivity index (χ0) is 25.7. The number of nitrogens with one attached hydrogen (secondary N) is 2. The minimum absolute atomic E-state index is 0.0289. The predicted molar refractivity (Wildman–Crippen MR) is 135 cm³/mol. The van der Waals surface area contributed by atoms with E-state index in [9.17, 15) is 24.3 Å². The lowest BCUT2D eigenvalue weighted by Crippen LogP contribution is -2.71. The highest BCUT2D eigenvalue weighted by Gasteiger charge is 2.54. The second-order valence-electron chi connectivity index (χ2n) is 6.87. The van der Waals surface area contributed by atoms with Gasteiger partial charge in [0.2, 0.25) is 6.41 Å². The summed E-state index contributed by atoms with van der Waals surface area (Å²) < 4.78 is 0.691. The smallest absolute Gasteiger partial charge is 0.352 e. The number of hydrogen-bond donors (Lipinski definition) is 3. The molecule has 13 nitrogen and oxygen atoms in total. The van der Waals surface area contributed by atoms with Crippen LogP contribution in [0.25, 0.3) is 0 Å². The van der Waals surface area contributed by atoms with E-state index in [2.05, 4.69) is 31.0 Å². The number of carboxylic acids is 1. The van der Waals surface area contributed by atoms with Gasteiger partial charge in [0.15, 0.2) is 15.2 Å². The highest BCUT2D eigenvalue weighted by Crippen LogP contribution is 2.41. The van der Waals surface area contributed by atoms with E-state index in [1.54, 1.807) is 5.51 Å². The summed E-state index contributed by atoms with van der Waals surface area (Å²) in [6.07, 6.45) is 0.444. The van der Waals surface area contributed by atoms with E-state index < -0.39 is 29.2 Å². The second-order valence-corrected chi connectivity index (χ2v) is 11.3. The van der Waals surface area contributed by atoms with Gasteiger partial charge in [-0.2, -0.15) is 0 Å². The van der Waals surface area contributed by atoms with Crippen LogP contribution >= 0.6 is 57.8 Å². The molecule has 0 bridgehead atoms. The highest BCUT2D eigenvalue weighted by molar-refractivity contribution is 8.01. The molecule has 2 aromatic rings. The number of thiazole rings is 1. The molecule has 18 heteroatoms. The molecule has 0 saturated carbocycles. The summed E-state index contributed by atoms with van der Waals surface area (Å²) in [5.74, 6) is -1.69. The number of amides is 3. The van der Waals surface area contributed by atoms with E-state index in [1.807, 2.05) is 0 Å². The maximum Gasteiger partial charge on any atom is 0.352 e. The van der Waals surface area contributed by atoms with Gasteiger partial charge in [0.1, 0.15) is 34.9 Å². The predicted octanol–water partition coefficient (Wildman–Crippen LogP) is 1.05. The maximum atomic E-state index is 13.0. The van der Waals surface area contributed by atoms with Gasteiger partial charge in [-0.25, -0.2) is 9.78 Å². The fourth-order valence-electron chi connectivity index (χ4n) is 3.23. The average molecular weight is 590 g/mol. The van der Waals surface area contributed by atoms with E-state index in [0.29, 0.717) is 27.8 Å². The number of anilines is 1. The van der Waals surface area contributed by atoms with Gasteiger partial charge < -0.3 is 20.6 Å². The molecule has 2 aliphatic heterocycles. The number of alkyl halides is 1. The summed E-state index contributed by atoms with van der Waals surface area (Å²) in [7, 11) is 0. The Labute approximate surface area is 224 Å². The number of aliphatic carboxylic acids is 1. The number of rotatable bonds is 12. The second kappa shape index (κ2) is 12.0. The first-order valence-electron chi connectivity index (χ1n) is 9.96. The molecule has 2 aromatic heterocycles. The number of halogens is 1. The van der Waals surface area contributed by atoms with Gasteiger partial charge >= 0.3 is 5.97 Å². The van der Waals surface area contributed by atoms with Crippen LogP contribution in [0.3, 0.4) is 0 Å². The Morgan fingerprint density at radius 3 is 2.94 bits per heavy atom. The SMILES string of the molecule is O=CNc1nc(C(=NOCCCl)C(=O)NC2C(=O)N3C(C(=O)O)=C(CSc4nncs4)CS[C@@H]23)cs1. The largest absolute Gasteiger partial charge is 0.477 e. The summed E-state index contributed by atoms with van der Waals surface area (Å²) >= 11 is 10.7. The number of nitrogens with zero attached hydrogens (tertiary/aromatic N) is 5. The number of carbonyl (C=O) groups is 4. The molecule has 36 heavy (non-hydrogen) atoms. The molecule has 4 heterocycles. The monoisotopic (exact) mass is 589 g/mol. The maximum absolute atomic E-state index is 13.0. The van der Waals surface area contributed by atoms with Crippen LogP contribution in [0, 0.1) is 0 Å². The van der Waals surface area contributed by atoms with Crippen molar-refractivity contribution in [2.45, 2.75) is 15.8 Å². The standard InChI is InChI=1S/C18H16ClN7O6S4/c19-1-2-32-25-10(9-5-34-17(22-9)20-6-27)13(28)23-11-14(29)26-12(16(30)31)8(3-33-15(11)26)4-35-18-24-21-7-36-18/h5-7,11,15H,1-4H2,(H,23,28)(H,30,31)(H,20,22,27)/t11?,15-/m0/s1. The summed E-state index contributed by atoms with van der Waals surface area (Å²) in [6.45, 7) is 0.0289. The quantitative estimate of drug-likeness (QED) is 0.0613. The first kappa shape index (κ1) is 26.3. The zero-order valence-corrected chi connectivity index (χ0v) is 22.0. The first-order valence-corrected chi connectivity index (χ1v) is 14.3. The first-order chi connectivity index (χ1) is 17.4. The average Bonchev–Trinajstić information content (AvgIpc) is 3.55. The molecule has 1 saturated heterocycles. The van der Waals surface area contributed by atoms with Gasteiger partial charge in [-0.15, -0.1) is 44.9 Å². The van der Waals surface area contributed by atoms with Crippen molar-refractivity contribution in [2.24, 2.45) is 5.16 Å². The number of aromatic nitrogens is 3. The number of β-lactam (4-membered cyclic amide) rings is 1. The Balaban J connectivity index is 1.49. The number of hydrogen-bond acceptors (Lipinski definition) is 13. The third-order valence-electron chi connectivity index (χ3n) is 4.71. The van der Waals surface area contributed by atoms with Crippen LogP contribution in [-0.4, -0.2) is 90.5 Å². The molecule has 0 aliphatic carbocycles. The van der Waals surface area contributed by atoms with Crippen LogP contribution in [0.4, 0.5) is 5.13 Å². The molecule has 2 atom stereocenters. The van der Waals surface area contributed by atoms with Crippen LogP contribution in [-0.2, 0) is 24.0 Å². The normalized spacial score (nSPS) is 19.4. The third-order valence-corrected chi connectivity index (χ3v) is 8.93. The van der Waals surface area contributed by atoms with Gasteiger partial charge in [-0.1, -0.05) is 28.3 Å². The van der Waals surface area contributed by atoms with Crippen molar-refractivity contribution >= 4 is 92.8 Å². The Bertz CT molecular complexity index is 1220. The van der Waals surface area contributed by atoms with E-state index >= 15 is 0 Å². The van der Waals surface area contributed by atoms with E-state index in [0.717, 1.165) is 11.3 Å². The summed E-state index contributed by atoms with van der Waals surface area (Å²) in [5, 5.41) is 27.4. The van der Waals surface area contributed by atoms with Crippen LogP contribution in [0.5, 0.6) is 0 Å². The fourth-order valence-corrected chi connectivity index (χ4v) is 6.92. The summed E-state index contributed by atoms with van der Waals surface area (Å²) in [5.41, 5.74) is 1.98. The van der Waals surface area contributed by atoms with Crippen molar-refractivity contribution in [3.63, 3.8) is 0 Å². The number of thioether (sulfide) groups is 2. The van der Waals surface area contributed by atoms with Crippen molar-refractivity contribution in [3.05, 3.63) is 27.9 Å². The zero-order valence-electron chi connectivity index (χ0n) is 18.0. The minimum Gasteiger partial charge on any atom is -0.477 e. The number of oxime groups is 1. The van der Waals surface area contributed by atoms with Crippen molar-refractivity contribution in [1.29, 1.82) is 0 Å². The third kappa shape index (κ3) is 5.64. The Kier molecular flexibility index (Phi) is 8.78. The molecule has 1 fully saturated rings. The van der Waals surface area contributed by atoms with Gasteiger partial charge in [-0.05, 0) is 5.57 Å². The van der Waals surface area contributed by atoms with Gasteiger partial charge in [0.25, 0.3) is 11.8 Å². The summed E-state index contributed by atoms with van der Waals surface area (Å²) in [6, 6.07) is -0.973. The van der Waals surface area contributed by atoms with Crippen LogP contribution in [0.2, 0.25) is 0 Å². The number of carboxylic acid groups (broad SMARTS) is 1. The molecule has 0 aromatic carbocycles. The Morgan fingerprint density at radius 1 is 1.42 bits per heavy atom. The van der Waals surface area contributed by atoms with E-state index in [4.69, 9.17) is 16.4 Å². The fraction of sp³-hybridized carbons (Fsp3) is 0.333. The van der Waals surface area contributed by atoms with Gasteiger partial charge in [-0.3, -0.25) is 19.3 Å². The lowest BCUT2D eigenvalue weighted by molar-refractivity contribution is -0.150.